The van der Waals surface area contributed by atoms with Gasteiger partial charge in [-0.3, -0.25) is 9.78 Å². The molecule has 1 aliphatic carbocycles. The van der Waals surface area contributed by atoms with Gasteiger partial charge in [0, 0.05) is 37.4 Å². The Hall–Kier alpha value is -1.31. The average Bonchev–Trinajstić information content (AvgIpc) is 2.95. The highest BCUT2D eigenvalue weighted by molar-refractivity contribution is 5.86. The predicted octanol–water partition coefficient (Wildman–Crippen LogP) is 3.76. The van der Waals surface area contributed by atoms with Crippen molar-refractivity contribution < 1.29 is 18.0 Å². The molecular formula is C18H24Cl2F3N3O. The van der Waals surface area contributed by atoms with E-state index in [1.807, 2.05) is 26.0 Å². The molecule has 152 valence electrons. The molecule has 0 fully saturated rings. The third-order valence-corrected chi connectivity index (χ3v) is 5.30. The Morgan fingerprint density at radius 3 is 2.56 bits per heavy atom. The third-order valence-electron chi connectivity index (χ3n) is 5.30. The Labute approximate surface area is 169 Å². The lowest BCUT2D eigenvalue weighted by atomic mass is 9.74. The zero-order valence-electron chi connectivity index (χ0n) is 15.1. The number of fused-ring (bicyclic) bond motifs is 1. The molecular weight excluding hydrogens is 402 g/mol. The van der Waals surface area contributed by atoms with Crippen molar-refractivity contribution in [1.29, 1.82) is 0 Å². The topological polar surface area (TPSA) is 59.2 Å². The highest BCUT2D eigenvalue weighted by atomic mass is 35.5. The largest absolute Gasteiger partial charge is 0.417 e. The van der Waals surface area contributed by atoms with Crippen molar-refractivity contribution in [1.82, 2.24) is 9.88 Å². The summed E-state index contributed by atoms with van der Waals surface area (Å²) in [6.45, 7) is 4.56. The number of nitrogens with zero attached hydrogens (tertiary/aromatic N) is 2. The second kappa shape index (κ2) is 8.37. The summed E-state index contributed by atoms with van der Waals surface area (Å²) in [6, 6.07) is 0.946. The van der Waals surface area contributed by atoms with Crippen molar-refractivity contribution in [3.05, 3.63) is 41.2 Å². The highest BCUT2D eigenvalue weighted by Crippen LogP contribution is 2.41. The fourth-order valence-corrected chi connectivity index (χ4v) is 3.70. The standard InChI is InChI=1S/C18H22F3N3O.2ClH/c1-11(2)17(5-3-14(22)8-17)16(25)24-6-4-15-12(10-24)7-13(9-23-15)18(19,20)21;;/h3,5,7,9,11,14H,4,6,8,10,22H2,1-2H3;2*1H/t14-,17+;;/m1../s1. The summed E-state index contributed by atoms with van der Waals surface area (Å²) in [5.41, 5.74) is 5.62. The highest BCUT2D eigenvalue weighted by Gasteiger charge is 2.46. The molecule has 0 spiro atoms. The summed E-state index contributed by atoms with van der Waals surface area (Å²) in [5, 5.41) is 0. The van der Waals surface area contributed by atoms with Crippen LogP contribution in [0.25, 0.3) is 0 Å². The summed E-state index contributed by atoms with van der Waals surface area (Å²) in [4.78, 5) is 18.8. The fraction of sp³-hybridized carbons (Fsp3) is 0.556. The lowest BCUT2D eigenvalue weighted by molar-refractivity contribution is -0.142. The molecule has 3 rings (SSSR count). The quantitative estimate of drug-likeness (QED) is 0.733. The van der Waals surface area contributed by atoms with Crippen molar-refractivity contribution in [3.63, 3.8) is 0 Å². The lowest BCUT2D eigenvalue weighted by Gasteiger charge is -2.38. The van der Waals surface area contributed by atoms with Crippen LogP contribution in [0.1, 0.15) is 37.1 Å². The molecule has 2 aliphatic rings. The maximum Gasteiger partial charge on any atom is 0.417 e. The van der Waals surface area contributed by atoms with Crippen LogP contribution < -0.4 is 5.73 Å². The van der Waals surface area contributed by atoms with Crippen LogP contribution in [-0.4, -0.2) is 28.4 Å². The first-order valence-corrected chi connectivity index (χ1v) is 8.43. The molecule has 27 heavy (non-hydrogen) atoms. The van der Waals surface area contributed by atoms with Gasteiger partial charge >= 0.3 is 6.18 Å². The minimum atomic E-state index is -4.44. The first-order chi connectivity index (χ1) is 11.6. The van der Waals surface area contributed by atoms with Crippen LogP contribution in [-0.2, 0) is 23.9 Å². The first-order valence-electron chi connectivity index (χ1n) is 8.43. The molecule has 0 saturated heterocycles. The molecule has 2 heterocycles. The monoisotopic (exact) mass is 425 g/mol. The van der Waals surface area contributed by atoms with Gasteiger partial charge in [0.15, 0.2) is 0 Å². The Morgan fingerprint density at radius 1 is 1.37 bits per heavy atom. The molecule has 1 aromatic heterocycles. The summed E-state index contributed by atoms with van der Waals surface area (Å²) in [6.07, 6.45) is 1.15. The van der Waals surface area contributed by atoms with Gasteiger partial charge in [-0.15, -0.1) is 24.8 Å². The van der Waals surface area contributed by atoms with Gasteiger partial charge in [0.25, 0.3) is 0 Å². The van der Waals surface area contributed by atoms with Gasteiger partial charge in [-0.05, 0) is 24.0 Å². The van der Waals surface area contributed by atoms with Gasteiger partial charge in [-0.25, -0.2) is 0 Å². The molecule has 1 amide bonds. The predicted molar refractivity (Wildman–Crippen MR) is 102 cm³/mol. The van der Waals surface area contributed by atoms with E-state index in [0.29, 0.717) is 30.6 Å². The first kappa shape index (κ1) is 23.7. The Morgan fingerprint density at radius 2 is 2.04 bits per heavy atom. The van der Waals surface area contributed by atoms with Crippen LogP contribution in [0, 0.1) is 11.3 Å². The van der Waals surface area contributed by atoms with E-state index in [1.165, 1.54) is 0 Å². The van der Waals surface area contributed by atoms with Crippen molar-refractivity contribution in [3.8, 4) is 0 Å². The molecule has 1 aliphatic heterocycles. The number of carbonyl (C=O) groups excluding carboxylic acids is 1. The van der Waals surface area contributed by atoms with Crippen LogP contribution in [0.15, 0.2) is 24.4 Å². The van der Waals surface area contributed by atoms with E-state index in [2.05, 4.69) is 4.98 Å². The molecule has 2 N–H and O–H groups in total. The van der Waals surface area contributed by atoms with E-state index in [1.54, 1.807) is 4.90 Å². The number of carbonyl (C=O) groups is 1. The van der Waals surface area contributed by atoms with E-state index in [9.17, 15) is 18.0 Å². The molecule has 0 saturated carbocycles. The fourth-order valence-electron chi connectivity index (χ4n) is 3.70. The molecule has 0 aromatic carbocycles. The van der Waals surface area contributed by atoms with Gasteiger partial charge in [-0.2, -0.15) is 13.2 Å². The average molecular weight is 426 g/mol. The number of amides is 1. The molecule has 9 heteroatoms. The second-order valence-corrected chi connectivity index (χ2v) is 7.23. The number of hydrogen-bond acceptors (Lipinski definition) is 3. The number of nitrogens with two attached hydrogens (primary N) is 1. The van der Waals surface area contributed by atoms with Crippen LogP contribution in [0.2, 0.25) is 0 Å². The van der Waals surface area contributed by atoms with Crippen LogP contribution in [0.4, 0.5) is 13.2 Å². The number of aromatic nitrogens is 1. The number of halogens is 5. The minimum Gasteiger partial charge on any atom is -0.337 e. The molecule has 4 nitrogen and oxygen atoms in total. The SMILES string of the molecule is CC(C)[C@]1(C(=O)N2CCc3ncc(C(F)(F)F)cc3C2)C=C[C@@H](N)C1.Cl.Cl. The van der Waals surface area contributed by atoms with E-state index in [-0.39, 0.29) is 49.2 Å². The maximum absolute atomic E-state index is 13.2. The van der Waals surface area contributed by atoms with Crippen LogP contribution in [0.3, 0.4) is 0 Å². The zero-order valence-corrected chi connectivity index (χ0v) is 16.8. The number of pyridine rings is 1. The normalized spacial score (nSPS) is 24.3. The summed E-state index contributed by atoms with van der Waals surface area (Å²) < 4.78 is 38.8. The van der Waals surface area contributed by atoms with Crippen LogP contribution >= 0.6 is 24.8 Å². The summed E-state index contributed by atoms with van der Waals surface area (Å²) >= 11 is 0. The maximum atomic E-state index is 13.2. The van der Waals surface area contributed by atoms with E-state index in [4.69, 9.17) is 5.73 Å². The van der Waals surface area contributed by atoms with Gasteiger partial charge in [0.05, 0.1) is 11.0 Å². The van der Waals surface area contributed by atoms with E-state index < -0.39 is 17.2 Å². The number of alkyl halides is 3. The van der Waals surface area contributed by atoms with Crippen molar-refractivity contribution in [2.24, 2.45) is 17.1 Å². The molecule has 0 radical (unpaired) electrons. The van der Waals surface area contributed by atoms with Crippen molar-refractivity contribution >= 4 is 30.7 Å². The van der Waals surface area contributed by atoms with E-state index in [0.717, 1.165) is 12.3 Å². The van der Waals surface area contributed by atoms with Gasteiger partial charge in [0.1, 0.15) is 0 Å². The Balaban J connectivity index is 0.00000182. The van der Waals surface area contributed by atoms with Crippen molar-refractivity contribution in [2.75, 3.05) is 6.54 Å². The molecule has 1 aromatic rings. The molecule has 0 unspecified atom stereocenters. The van der Waals surface area contributed by atoms with Gasteiger partial charge in [0.2, 0.25) is 5.91 Å². The van der Waals surface area contributed by atoms with E-state index >= 15 is 0 Å². The minimum absolute atomic E-state index is 0. The van der Waals surface area contributed by atoms with Gasteiger partial charge < -0.3 is 10.6 Å². The van der Waals surface area contributed by atoms with Crippen LogP contribution in [0.5, 0.6) is 0 Å². The summed E-state index contributed by atoms with van der Waals surface area (Å²) in [7, 11) is 0. The third kappa shape index (κ3) is 4.41. The summed E-state index contributed by atoms with van der Waals surface area (Å²) in [5.74, 6) is 0.000549. The van der Waals surface area contributed by atoms with Crippen molar-refractivity contribution in [2.45, 2.75) is 45.5 Å². The molecule has 2 atom stereocenters. The Bertz CT molecular complexity index is 724. The lowest BCUT2D eigenvalue weighted by Crippen LogP contribution is -2.48. The number of rotatable bonds is 2. The molecule has 0 bridgehead atoms. The second-order valence-electron chi connectivity index (χ2n) is 7.23. The van der Waals surface area contributed by atoms with Gasteiger partial charge in [-0.1, -0.05) is 26.0 Å². The smallest absolute Gasteiger partial charge is 0.337 e. The number of hydrogen-bond donors (Lipinski definition) is 1. The zero-order chi connectivity index (χ0) is 18.4. The Kier molecular flexibility index (Phi) is 7.36.